The van der Waals surface area contributed by atoms with Gasteiger partial charge in [0.15, 0.2) is 11.5 Å². The third kappa shape index (κ3) is 9.18. The van der Waals surface area contributed by atoms with Gasteiger partial charge in [0.1, 0.15) is 29.8 Å². The Hall–Kier alpha value is -7.91. The predicted octanol–water partition coefficient (Wildman–Crippen LogP) is 8.56. The molecule has 11 rings (SSSR count). The van der Waals surface area contributed by atoms with E-state index in [0.717, 1.165) is 65.6 Å². The van der Waals surface area contributed by atoms with Crippen LogP contribution in [0.15, 0.2) is 91.3 Å². The topological polar surface area (TPSA) is 217 Å². The van der Waals surface area contributed by atoms with Gasteiger partial charge in [0.05, 0.1) is 62.1 Å². The Morgan fingerprint density at radius 3 is 2.01 bits per heavy atom. The zero-order chi connectivity index (χ0) is 50.5. The highest BCUT2D eigenvalue weighted by Crippen LogP contribution is 2.43. The second kappa shape index (κ2) is 19.6. The molecular formula is C52H52N10O9S2. The minimum Gasteiger partial charge on any atom is -0.454 e. The van der Waals surface area contributed by atoms with E-state index in [-0.39, 0.29) is 49.8 Å². The van der Waals surface area contributed by atoms with Gasteiger partial charge in [-0.2, -0.15) is 0 Å². The van der Waals surface area contributed by atoms with Crippen LogP contribution in [0.1, 0.15) is 73.2 Å². The second-order valence-electron chi connectivity index (χ2n) is 18.7. The molecule has 8 heterocycles. The number of fused-ring (bicyclic) bond motifs is 3. The number of urea groups is 1. The summed E-state index contributed by atoms with van der Waals surface area (Å²) in [5.74, 6) is 1.67. The Balaban J connectivity index is 0.779. The number of methoxy groups -OCH3 is 2. The number of nitrogens with zero attached hydrogens (tertiary/aromatic N) is 6. The number of hydrogen-bond acceptors (Lipinski definition) is 13. The van der Waals surface area contributed by atoms with E-state index in [1.54, 1.807) is 48.5 Å². The first kappa shape index (κ1) is 47.4. The Morgan fingerprint density at radius 2 is 1.33 bits per heavy atom. The number of rotatable bonds is 11. The van der Waals surface area contributed by atoms with Crippen LogP contribution in [0.25, 0.3) is 41.7 Å². The zero-order valence-corrected chi connectivity index (χ0v) is 42.0. The molecule has 4 atom stereocenters. The normalized spacial score (nSPS) is 17.8. The lowest BCUT2D eigenvalue weighted by atomic mass is 10.0. The standard InChI is InChI=1S/C52H52N10O9S2/c1-28(2)44(57-50(65)68-3)48(63)62-26-60(52(67)59-23-32-17-38-39(71-27-70-38)18-33(32)24-59)25-37(62)47-53-21-34(55-47)29-12-14-30(15-13-29)40-19-42-43(72-40)20-41(73-42)35-22-54-46(56-35)36-11-8-16-61(36)49(64)45(58-51(66)69-4)31-9-6-5-7-10-31/h5-7,9-10,12-15,17-22,28,36-37,44-45H,8,11,16,23-27H2,1-4H3,(H,53,55)(H,54,56)(H,57,65)(H,58,66)/t36-,37?,44-,45?/m0/s1. The molecule has 4 aliphatic heterocycles. The van der Waals surface area contributed by atoms with Crippen LogP contribution in [-0.2, 0) is 32.2 Å². The highest BCUT2D eigenvalue weighted by molar-refractivity contribution is 7.31. The van der Waals surface area contributed by atoms with Crippen LogP contribution in [0.2, 0.25) is 0 Å². The molecule has 19 nitrogen and oxygen atoms in total. The first-order chi connectivity index (χ1) is 35.4. The number of carbonyl (C=O) groups is 5. The van der Waals surface area contributed by atoms with Crippen LogP contribution in [0.5, 0.6) is 11.5 Å². The first-order valence-corrected chi connectivity index (χ1v) is 25.6. The van der Waals surface area contributed by atoms with E-state index < -0.39 is 30.3 Å². The van der Waals surface area contributed by atoms with Gasteiger partial charge in [0, 0.05) is 33.9 Å². The number of thiophene rings is 2. The Bertz CT molecular complexity index is 3180. The summed E-state index contributed by atoms with van der Waals surface area (Å²) in [6, 6.07) is 22.6. The number of aromatic nitrogens is 4. The van der Waals surface area contributed by atoms with Gasteiger partial charge in [-0.3, -0.25) is 9.59 Å². The molecule has 6 amide bonds. The highest BCUT2D eigenvalue weighted by Gasteiger charge is 2.44. The fraction of sp³-hybridized carbons (Fsp3) is 0.327. The van der Waals surface area contributed by atoms with Crippen molar-refractivity contribution in [3.8, 4) is 43.8 Å². The summed E-state index contributed by atoms with van der Waals surface area (Å²) in [6.45, 7) is 5.35. The molecule has 4 aliphatic rings. The monoisotopic (exact) mass is 1020 g/mol. The van der Waals surface area contributed by atoms with Crippen LogP contribution in [-0.4, -0.2) is 116 Å². The molecule has 4 N–H and O–H groups in total. The zero-order valence-electron chi connectivity index (χ0n) is 40.4. The molecule has 3 aromatic carbocycles. The summed E-state index contributed by atoms with van der Waals surface area (Å²) in [4.78, 5) is 92.7. The van der Waals surface area contributed by atoms with Crippen molar-refractivity contribution in [2.45, 2.75) is 63.9 Å². The van der Waals surface area contributed by atoms with Crippen LogP contribution in [0.3, 0.4) is 0 Å². The number of amides is 6. The molecule has 376 valence electrons. The van der Waals surface area contributed by atoms with E-state index >= 15 is 0 Å². The van der Waals surface area contributed by atoms with E-state index in [0.29, 0.717) is 48.3 Å². The molecule has 4 aromatic heterocycles. The maximum Gasteiger partial charge on any atom is 0.407 e. The number of hydrogen-bond donors (Lipinski definition) is 4. The first-order valence-electron chi connectivity index (χ1n) is 24.0. The lowest BCUT2D eigenvalue weighted by Gasteiger charge is -2.29. The number of likely N-dealkylation sites (tertiary alicyclic amines) is 1. The summed E-state index contributed by atoms with van der Waals surface area (Å²) in [7, 11) is 2.53. The predicted molar refractivity (Wildman–Crippen MR) is 271 cm³/mol. The number of carbonyl (C=O) groups excluding carboxylic acids is 5. The van der Waals surface area contributed by atoms with E-state index in [1.807, 2.05) is 74.6 Å². The van der Waals surface area contributed by atoms with E-state index in [2.05, 4.69) is 44.9 Å². The summed E-state index contributed by atoms with van der Waals surface area (Å²) in [5.41, 5.74) is 6.19. The number of H-pyrrole nitrogens is 2. The lowest BCUT2D eigenvalue weighted by Crippen LogP contribution is -2.52. The smallest absolute Gasteiger partial charge is 0.407 e. The SMILES string of the molecule is COC(=O)NC(C(=O)N1CCC[C@H]1c1ncc(-c2cc3sc(-c4ccc(-c5cnc(C6CN(C(=O)N7Cc8cc9c(cc8C7)OCO9)CN6C(=O)[C@@H](NC(=O)OC)C(C)C)[nH]5)cc4)cc3s2)[nH]1)c1ccccc1. The van der Waals surface area contributed by atoms with Crippen molar-refractivity contribution in [3.05, 3.63) is 120 Å². The van der Waals surface area contributed by atoms with Gasteiger partial charge in [-0.1, -0.05) is 68.4 Å². The highest BCUT2D eigenvalue weighted by atomic mass is 32.1. The van der Waals surface area contributed by atoms with Gasteiger partial charge in [0.2, 0.25) is 12.7 Å². The van der Waals surface area contributed by atoms with Crippen molar-refractivity contribution >= 4 is 62.1 Å². The number of alkyl carbamates (subject to hydrolysis) is 2. The van der Waals surface area contributed by atoms with E-state index in [9.17, 15) is 24.0 Å². The van der Waals surface area contributed by atoms with Gasteiger partial charge in [-0.15, -0.1) is 22.7 Å². The molecule has 2 fully saturated rings. The number of nitrogens with one attached hydrogen (secondary N) is 4. The van der Waals surface area contributed by atoms with Crippen LogP contribution in [0, 0.1) is 5.92 Å². The molecule has 2 saturated heterocycles. The Morgan fingerprint density at radius 1 is 0.712 bits per heavy atom. The van der Waals surface area contributed by atoms with Crippen molar-refractivity contribution in [3.63, 3.8) is 0 Å². The summed E-state index contributed by atoms with van der Waals surface area (Å²) < 4.78 is 23.1. The van der Waals surface area contributed by atoms with Gasteiger partial charge in [-0.05, 0) is 70.8 Å². The third-order valence-electron chi connectivity index (χ3n) is 13.9. The van der Waals surface area contributed by atoms with Crippen LogP contribution >= 0.6 is 22.7 Å². The van der Waals surface area contributed by atoms with Gasteiger partial charge in [0.25, 0.3) is 5.91 Å². The van der Waals surface area contributed by atoms with Crippen molar-refractivity contribution < 1.29 is 42.9 Å². The Kier molecular flexibility index (Phi) is 12.7. The maximum absolute atomic E-state index is 14.4. The van der Waals surface area contributed by atoms with Crippen molar-refractivity contribution in [1.29, 1.82) is 0 Å². The van der Waals surface area contributed by atoms with Crippen LogP contribution < -0.4 is 20.1 Å². The summed E-state index contributed by atoms with van der Waals surface area (Å²) in [6.07, 6.45) is 3.70. The molecule has 0 aliphatic carbocycles. The van der Waals surface area contributed by atoms with E-state index in [1.165, 1.54) is 14.2 Å². The quantitative estimate of drug-likeness (QED) is 0.0963. The fourth-order valence-electron chi connectivity index (χ4n) is 10.0. The average molecular weight is 1030 g/mol. The minimum atomic E-state index is -0.909. The van der Waals surface area contributed by atoms with E-state index in [4.69, 9.17) is 28.9 Å². The van der Waals surface area contributed by atoms with Crippen molar-refractivity contribution in [2.75, 3.05) is 40.8 Å². The number of imidazole rings is 2. The van der Waals surface area contributed by atoms with Crippen LogP contribution in [0.4, 0.5) is 14.4 Å². The molecule has 2 unspecified atom stereocenters. The minimum absolute atomic E-state index is 0.00631. The molecule has 0 spiro atoms. The molecule has 0 bridgehead atoms. The Labute approximate surface area is 427 Å². The summed E-state index contributed by atoms with van der Waals surface area (Å²) >= 11 is 3.36. The van der Waals surface area contributed by atoms with Gasteiger partial charge < -0.3 is 59.1 Å². The average Bonchev–Trinajstić information content (AvgIpc) is 4.26. The molecule has 21 heteroatoms. The van der Waals surface area contributed by atoms with Gasteiger partial charge >= 0.3 is 18.2 Å². The molecule has 7 aromatic rings. The lowest BCUT2D eigenvalue weighted by molar-refractivity contribution is -0.136. The molecule has 0 saturated carbocycles. The second-order valence-corrected chi connectivity index (χ2v) is 20.9. The van der Waals surface area contributed by atoms with Crippen molar-refractivity contribution in [1.82, 2.24) is 50.2 Å². The summed E-state index contributed by atoms with van der Waals surface area (Å²) in [5, 5.41) is 5.42. The number of ether oxygens (including phenoxy) is 4. The third-order valence-corrected chi connectivity index (χ3v) is 16.2. The maximum atomic E-state index is 14.4. The molecule has 73 heavy (non-hydrogen) atoms. The van der Waals surface area contributed by atoms with Crippen molar-refractivity contribution in [2.24, 2.45) is 5.92 Å². The number of aromatic amines is 2. The number of benzene rings is 3. The molecular weight excluding hydrogens is 973 g/mol. The fourth-order valence-corrected chi connectivity index (χ4v) is 12.4. The largest absolute Gasteiger partial charge is 0.454 e. The molecule has 0 radical (unpaired) electrons. The van der Waals surface area contributed by atoms with Gasteiger partial charge in [-0.25, -0.2) is 24.4 Å².